The van der Waals surface area contributed by atoms with Crippen molar-refractivity contribution in [1.82, 2.24) is 5.32 Å². The summed E-state index contributed by atoms with van der Waals surface area (Å²) in [4.78, 5) is 28.6. The maximum absolute atomic E-state index is 13.9. The van der Waals surface area contributed by atoms with E-state index in [1.807, 2.05) is 36.4 Å². The fraction of sp³-hybridized carbons (Fsp3) is 0.192. The second kappa shape index (κ2) is 9.52. The Morgan fingerprint density at radius 2 is 1.52 bits per heavy atom. The maximum atomic E-state index is 13.9. The van der Waals surface area contributed by atoms with Crippen molar-refractivity contribution in [3.63, 3.8) is 0 Å². The van der Waals surface area contributed by atoms with E-state index in [1.54, 1.807) is 61.5 Å². The molecule has 0 aromatic heterocycles. The third kappa shape index (κ3) is 4.13. The van der Waals surface area contributed by atoms with E-state index in [9.17, 15) is 14.7 Å². The number of ether oxygens (including phenoxy) is 1. The number of rotatable bonds is 6. The maximum Gasteiger partial charge on any atom is 0.361 e. The minimum Gasteiger partial charge on any atom is -0.462 e. The first-order valence-electron chi connectivity index (χ1n) is 10.7. The summed E-state index contributed by atoms with van der Waals surface area (Å²) in [6, 6.07) is 25.8. The molecule has 3 atom stereocenters. The fourth-order valence-electron chi connectivity index (χ4n) is 4.21. The van der Waals surface area contributed by atoms with Gasteiger partial charge in [0, 0.05) is 11.3 Å². The molecule has 0 aliphatic carbocycles. The van der Waals surface area contributed by atoms with Gasteiger partial charge in [-0.05, 0) is 36.8 Å². The van der Waals surface area contributed by atoms with Crippen LogP contribution in [0.3, 0.4) is 0 Å². The quantitative estimate of drug-likeness (QED) is 0.328. The summed E-state index contributed by atoms with van der Waals surface area (Å²) in [6.07, 6.45) is 0. The number of thiocarbonyl (C=S) groups is 1. The van der Waals surface area contributed by atoms with Crippen molar-refractivity contribution in [3.05, 3.63) is 102 Å². The van der Waals surface area contributed by atoms with Gasteiger partial charge in [-0.15, -0.1) is 0 Å². The predicted molar refractivity (Wildman–Crippen MR) is 130 cm³/mol. The van der Waals surface area contributed by atoms with E-state index in [2.05, 4.69) is 5.32 Å². The number of carbonyl (C=O) groups excluding carboxylic acids is 2. The Bertz CT molecular complexity index is 1140. The van der Waals surface area contributed by atoms with Crippen LogP contribution in [0.2, 0.25) is 0 Å². The molecule has 3 aromatic carbocycles. The van der Waals surface area contributed by atoms with Crippen LogP contribution in [0.25, 0.3) is 0 Å². The monoisotopic (exact) mass is 460 g/mol. The van der Waals surface area contributed by atoms with Crippen molar-refractivity contribution < 1.29 is 19.4 Å². The van der Waals surface area contributed by atoms with Crippen molar-refractivity contribution in [2.45, 2.75) is 18.7 Å². The van der Waals surface area contributed by atoms with Crippen LogP contribution in [0.4, 0.5) is 5.69 Å². The molecule has 1 aliphatic rings. The lowest BCUT2D eigenvalue weighted by molar-refractivity contribution is -0.170. The number of hydrogen-bond donors (Lipinski definition) is 2. The topological polar surface area (TPSA) is 78.9 Å². The molecule has 0 amide bonds. The van der Waals surface area contributed by atoms with Crippen LogP contribution in [0, 0.1) is 5.92 Å². The van der Waals surface area contributed by atoms with Gasteiger partial charge in [-0.2, -0.15) is 0 Å². The van der Waals surface area contributed by atoms with Crippen molar-refractivity contribution in [3.8, 4) is 0 Å². The highest BCUT2D eigenvalue weighted by Gasteiger charge is 2.61. The third-order valence-corrected chi connectivity index (χ3v) is 5.98. The molecule has 6 nitrogen and oxygen atoms in total. The highest BCUT2D eigenvalue weighted by molar-refractivity contribution is 7.80. The lowest BCUT2D eigenvalue weighted by Gasteiger charge is -2.50. The minimum atomic E-state index is -2.38. The lowest BCUT2D eigenvalue weighted by Crippen LogP contribution is -2.72. The number of ketones is 1. The summed E-state index contributed by atoms with van der Waals surface area (Å²) >= 11 is 5.63. The number of benzene rings is 3. The van der Waals surface area contributed by atoms with Crippen LogP contribution in [0.5, 0.6) is 0 Å². The Kier molecular flexibility index (Phi) is 6.53. The highest BCUT2D eigenvalue weighted by atomic mass is 32.1. The van der Waals surface area contributed by atoms with Gasteiger partial charge in [0.2, 0.25) is 0 Å². The molecule has 0 radical (unpaired) electrons. The number of nitrogens with one attached hydrogen (secondary N) is 1. The van der Waals surface area contributed by atoms with Crippen LogP contribution in [-0.2, 0) is 9.53 Å². The summed E-state index contributed by atoms with van der Waals surface area (Å²) in [6.45, 7) is 1.68. The predicted octanol–water partition coefficient (Wildman–Crippen LogP) is 3.87. The van der Waals surface area contributed by atoms with E-state index < -0.39 is 29.4 Å². The zero-order chi connectivity index (χ0) is 23.4. The average molecular weight is 461 g/mol. The zero-order valence-electron chi connectivity index (χ0n) is 18.0. The molecule has 168 valence electrons. The second-order valence-corrected chi connectivity index (χ2v) is 8.05. The fourth-order valence-corrected chi connectivity index (χ4v) is 4.58. The van der Waals surface area contributed by atoms with E-state index >= 15 is 0 Å². The van der Waals surface area contributed by atoms with Crippen molar-refractivity contribution in [1.29, 1.82) is 0 Å². The van der Waals surface area contributed by atoms with Crippen molar-refractivity contribution >= 4 is 34.8 Å². The van der Waals surface area contributed by atoms with Gasteiger partial charge in [-0.3, -0.25) is 9.69 Å². The molecule has 1 fully saturated rings. The van der Waals surface area contributed by atoms with E-state index in [-0.39, 0.29) is 11.7 Å². The molecule has 33 heavy (non-hydrogen) atoms. The molecule has 0 bridgehead atoms. The molecule has 0 spiro atoms. The van der Waals surface area contributed by atoms with Crippen molar-refractivity contribution in [2.24, 2.45) is 5.92 Å². The molecule has 1 saturated heterocycles. The molecule has 3 aromatic rings. The molecule has 0 saturated carbocycles. The Hall–Kier alpha value is -3.55. The Morgan fingerprint density at radius 3 is 2.09 bits per heavy atom. The van der Waals surface area contributed by atoms with Gasteiger partial charge in [0.05, 0.1) is 12.6 Å². The minimum absolute atomic E-state index is 0.0339. The summed E-state index contributed by atoms with van der Waals surface area (Å²) in [7, 11) is 0. The van der Waals surface area contributed by atoms with Crippen LogP contribution in [0.15, 0.2) is 91.0 Å². The smallest absolute Gasteiger partial charge is 0.361 e. The normalized spacial score (nSPS) is 22.4. The molecule has 0 unspecified atom stereocenters. The average Bonchev–Trinajstić information content (AvgIpc) is 2.85. The largest absolute Gasteiger partial charge is 0.462 e. The van der Waals surface area contributed by atoms with Gasteiger partial charge < -0.3 is 15.2 Å². The molecule has 2 N–H and O–H groups in total. The molecule has 7 heteroatoms. The number of carbonyl (C=O) groups is 2. The number of nitrogens with zero attached hydrogens (tertiary/aromatic N) is 1. The summed E-state index contributed by atoms with van der Waals surface area (Å²) < 4.78 is 5.31. The Labute approximate surface area is 197 Å². The zero-order valence-corrected chi connectivity index (χ0v) is 18.9. The summed E-state index contributed by atoms with van der Waals surface area (Å²) in [5.41, 5.74) is -0.839. The molecular weight excluding hydrogens is 436 g/mol. The number of Topliss-reactive ketones (excluding diaryl/α,β-unsaturated/α-hetero) is 1. The number of anilines is 1. The van der Waals surface area contributed by atoms with Crippen molar-refractivity contribution in [2.75, 3.05) is 11.5 Å². The van der Waals surface area contributed by atoms with E-state index in [4.69, 9.17) is 17.0 Å². The van der Waals surface area contributed by atoms with Gasteiger partial charge in [0.15, 0.2) is 10.9 Å². The van der Waals surface area contributed by atoms with Gasteiger partial charge in [0.1, 0.15) is 5.92 Å². The van der Waals surface area contributed by atoms with Crippen LogP contribution in [0.1, 0.15) is 28.9 Å². The molecule has 4 rings (SSSR count). The lowest BCUT2D eigenvalue weighted by atomic mass is 9.76. The second-order valence-electron chi connectivity index (χ2n) is 7.66. The Balaban J connectivity index is 1.95. The van der Waals surface area contributed by atoms with Gasteiger partial charge in [0.25, 0.3) is 5.72 Å². The standard InChI is InChI=1S/C26H24N2O4S/c1-2-32-24(30)26(31)21(23(29)19-14-8-4-9-15-19)22(18-12-6-3-7-13-18)27-25(33)28(26)20-16-10-5-11-17-20/h3-17,21-22,31H,2H2,1H3,(H,27,33)/t21-,22+,26-/m1/s1. The SMILES string of the molecule is CCOC(=O)[C@]1(O)[C@@H](C(=O)c2ccccc2)[C@H](c2ccccc2)NC(=S)N1c1ccccc1. The van der Waals surface area contributed by atoms with Gasteiger partial charge in [-0.25, -0.2) is 4.79 Å². The van der Waals surface area contributed by atoms with E-state index in [1.165, 1.54) is 4.90 Å². The molecule has 1 aliphatic heterocycles. The Morgan fingerprint density at radius 1 is 0.970 bits per heavy atom. The summed E-state index contributed by atoms with van der Waals surface area (Å²) in [5, 5.41) is 15.5. The van der Waals surface area contributed by atoms with E-state index in [0.29, 0.717) is 16.8 Å². The van der Waals surface area contributed by atoms with Gasteiger partial charge >= 0.3 is 5.97 Å². The first-order valence-corrected chi connectivity index (χ1v) is 11.1. The summed E-state index contributed by atoms with van der Waals surface area (Å²) in [5.74, 6) is -2.60. The number of aliphatic hydroxyl groups is 1. The first-order chi connectivity index (χ1) is 16.0. The van der Waals surface area contributed by atoms with Crippen LogP contribution >= 0.6 is 12.2 Å². The molecule has 1 heterocycles. The van der Waals surface area contributed by atoms with Crippen LogP contribution < -0.4 is 10.2 Å². The van der Waals surface area contributed by atoms with Gasteiger partial charge in [-0.1, -0.05) is 78.9 Å². The first kappa shape index (κ1) is 22.6. The highest BCUT2D eigenvalue weighted by Crippen LogP contribution is 2.42. The van der Waals surface area contributed by atoms with Crippen LogP contribution in [-0.4, -0.2) is 34.3 Å². The third-order valence-electron chi connectivity index (χ3n) is 5.68. The number of hydrogen-bond acceptors (Lipinski definition) is 5. The van der Waals surface area contributed by atoms with E-state index in [0.717, 1.165) is 0 Å². The number of para-hydroxylation sites is 1. The number of esters is 1. The molecular formula is C26H24N2O4S.